The molecule has 0 saturated carbocycles. The summed E-state index contributed by atoms with van der Waals surface area (Å²) in [5, 5.41) is 12.7. The zero-order chi connectivity index (χ0) is 12.1. The Labute approximate surface area is 82.6 Å². The number of carboxylic acids is 1. The summed E-state index contributed by atoms with van der Waals surface area (Å²) >= 11 is 0. The second kappa shape index (κ2) is 5.39. The number of carbonyl (C=O) groups excluding carboxylic acids is 1. The smallest absolute Gasteiger partial charge is 0.475 e. The Bertz CT molecular complexity index is 240. The van der Waals surface area contributed by atoms with Crippen LogP contribution in [0.25, 0.3) is 0 Å². The Morgan fingerprint density at radius 3 is 1.87 bits per heavy atom. The number of carbonyl (C=O) groups is 2. The number of primary amides is 1. The van der Waals surface area contributed by atoms with Crippen molar-refractivity contribution in [2.24, 2.45) is 5.73 Å². The van der Waals surface area contributed by atoms with E-state index in [1.54, 1.807) is 0 Å². The van der Waals surface area contributed by atoms with Crippen LogP contribution in [0.3, 0.4) is 0 Å². The van der Waals surface area contributed by atoms with Crippen LogP contribution in [-0.4, -0.2) is 42.4 Å². The molecule has 1 heterocycles. The molecule has 5 N–H and O–H groups in total. The predicted molar refractivity (Wildman–Crippen MR) is 43.1 cm³/mol. The Hall–Kier alpha value is -1.51. The third-order valence-electron chi connectivity index (χ3n) is 1.37. The molecule has 0 bridgehead atoms. The van der Waals surface area contributed by atoms with Crippen LogP contribution in [0.4, 0.5) is 18.0 Å². The molecular formula is C6H10F3N3O3. The topological polar surface area (TPSA) is 104 Å². The zero-order valence-corrected chi connectivity index (χ0v) is 7.47. The van der Waals surface area contributed by atoms with Gasteiger partial charge in [0, 0.05) is 13.1 Å². The van der Waals surface area contributed by atoms with E-state index >= 15 is 0 Å². The van der Waals surface area contributed by atoms with E-state index in [-0.39, 0.29) is 6.04 Å². The molecule has 6 nitrogen and oxygen atoms in total. The number of rotatable bonds is 1. The Balaban J connectivity index is 0.000000265. The van der Waals surface area contributed by atoms with Gasteiger partial charge in [0.2, 0.25) is 0 Å². The monoisotopic (exact) mass is 229 g/mol. The summed E-state index contributed by atoms with van der Waals surface area (Å²) in [6.07, 6.45) is -5.08. The molecule has 15 heavy (non-hydrogen) atoms. The molecule has 88 valence electrons. The number of hydrogen-bond donors (Lipinski definition) is 4. The zero-order valence-electron chi connectivity index (χ0n) is 7.47. The van der Waals surface area contributed by atoms with E-state index in [4.69, 9.17) is 15.6 Å². The van der Waals surface area contributed by atoms with E-state index in [0.717, 1.165) is 13.1 Å². The third kappa shape index (κ3) is 6.55. The molecule has 0 spiro atoms. The van der Waals surface area contributed by atoms with Crippen molar-refractivity contribution in [3.63, 3.8) is 0 Å². The van der Waals surface area contributed by atoms with Gasteiger partial charge in [-0.25, -0.2) is 9.59 Å². The summed E-state index contributed by atoms with van der Waals surface area (Å²) in [5.41, 5.74) is 4.82. The van der Waals surface area contributed by atoms with Gasteiger partial charge >= 0.3 is 18.2 Å². The molecule has 1 aliphatic rings. The molecule has 0 atom stereocenters. The fourth-order valence-electron chi connectivity index (χ4n) is 0.592. The van der Waals surface area contributed by atoms with Gasteiger partial charge in [-0.2, -0.15) is 13.2 Å². The highest BCUT2D eigenvalue weighted by Crippen LogP contribution is 2.13. The average molecular weight is 229 g/mol. The van der Waals surface area contributed by atoms with E-state index in [9.17, 15) is 18.0 Å². The van der Waals surface area contributed by atoms with Gasteiger partial charge in [-0.1, -0.05) is 0 Å². The standard InChI is InChI=1S/C4H9N3O.C2HF3O2/c5-4(8)7-3-1-6-2-3;3-2(4,5)1(6)7/h3,6H,1-2H2,(H3,5,7,8);(H,6,7). The molecule has 9 heteroatoms. The van der Waals surface area contributed by atoms with Crippen molar-refractivity contribution in [3.8, 4) is 0 Å². The van der Waals surface area contributed by atoms with Crippen molar-refractivity contribution in [2.45, 2.75) is 12.2 Å². The molecule has 0 radical (unpaired) electrons. The highest BCUT2D eigenvalue weighted by Gasteiger charge is 2.38. The van der Waals surface area contributed by atoms with Gasteiger partial charge in [-0.05, 0) is 0 Å². The predicted octanol–water partition coefficient (Wildman–Crippen LogP) is -0.740. The van der Waals surface area contributed by atoms with Crippen molar-refractivity contribution in [3.05, 3.63) is 0 Å². The number of alkyl halides is 3. The molecule has 0 aliphatic carbocycles. The van der Waals surface area contributed by atoms with E-state index in [1.165, 1.54) is 0 Å². The van der Waals surface area contributed by atoms with Gasteiger partial charge in [0.1, 0.15) is 0 Å². The minimum atomic E-state index is -5.08. The fraction of sp³-hybridized carbons (Fsp3) is 0.667. The highest BCUT2D eigenvalue weighted by atomic mass is 19.4. The normalized spacial score (nSPS) is 15.7. The lowest BCUT2D eigenvalue weighted by Crippen LogP contribution is -2.58. The van der Waals surface area contributed by atoms with Crippen LogP contribution in [0.5, 0.6) is 0 Å². The van der Waals surface area contributed by atoms with Crippen LogP contribution in [0.2, 0.25) is 0 Å². The first-order chi connectivity index (χ1) is 6.73. The van der Waals surface area contributed by atoms with Crippen molar-refractivity contribution < 1.29 is 27.9 Å². The molecule has 1 saturated heterocycles. The van der Waals surface area contributed by atoms with E-state index < -0.39 is 18.2 Å². The quantitative estimate of drug-likeness (QED) is 0.475. The molecule has 0 unspecified atom stereocenters. The van der Waals surface area contributed by atoms with Crippen molar-refractivity contribution in [2.75, 3.05) is 13.1 Å². The molecule has 1 rings (SSSR count). The molecule has 0 aromatic heterocycles. The summed E-state index contributed by atoms with van der Waals surface area (Å²) in [6, 6.07) is -0.163. The van der Waals surface area contributed by atoms with Crippen LogP contribution in [-0.2, 0) is 4.79 Å². The molecule has 2 amide bonds. The molecule has 0 aromatic rings. The second-order valence-corrected chi connectivity index (χ2v) is 2.67. The fourth-order valence-corrected chi connectivity index (χ4v) is 0.592. The minimum absolute atomic E-state index is 0.271. The lowest BCUT2D eigenvalue weighted by Gasteiger charge is -2.26. The summed E-state index contributed by atoms with van der Waals surface area (Å²) in [7, 11) is 0. The molecular weight excluding hydrogens is 219 g/mol. The first kappa shape index (κ1) is 13.5. The Morgan fingerprint density at radius 2 is 1.80 bits per heavy atom. The summed E-state index contributed by atoms with van der Waals surface area (Å²) < 4.78 is 31.7. The lowest BCUT2D eigenvalue weighted by atomic mass is 10.2. The number of halogens is 3. The Kier molecular flexibility index (Phi) is 4.85. The van der Waals surface area contributed by atoms with Crippen LogP contribution < -0.4 is 16.4 Å². The van der Waals surface area contributed by atoms with Crippen LogP contribution in [0, 0.1) is 0 Å². The maximum absolute atomic E-state index is 10.6. The van der Waals surface area contributed by atoms with Crippen molar-refractivity contribution in [1.29, 1.82) is 0 Å². The van der Waals surface area contributed by atoms with Gasteiger partial charge in [0.05, 0.1) is 6.04 Å². The summed E-state index contributed by atoms with van der Waals surface area (Å²) in [6.45, 7) is 1.70. The molecule has 0 aromatic carbocycles. The van der Waals surface area contributed by atoms with Crippen molar-refractivity contribution >= 4 is 12.0 Å². The summed E-state index contributed by atoms with van der Waals surface area (Å²) in [4.78, 5) is 19.0. The van der Waals surface area contributed by atoms with Gasteiger partial charge in [0.15, 0.2) is 0 Å². The van der Waals surface area contributed by atoms with Gasteiger partial charge in [-0.3, -0.25) is 0 Å². The van der Waals surface area contributed by atoms with Crippen molar-refractivity contribution in [1.82, 2.24) is 10.6 Å². The number of amides is 2. The third-order valence-corrected chi connectivity index (χ3v) is 1.37. The minimum Gasteiger partial charge on any atom is -0.475 e. The molecule has 1 aliphatic heterocycles. The number of nitrogens with one attached hydrogen (secondary N) is 2. The van der Waals surface area contributed by atoms with E-state index in [1.807, 2.05) is 0 Å². The lowest BCUT2D eigenvalue weighted by molar-refractivity contribution is -0.192. The first-order valence-electron chi connectivity index (χ1n) is 3.80. The number of hydrogen-bond acceptors (Lipinski definition) is 3. The maximum Gasteiger partial charge on any atom is 0.490 e. The summed E-state index contributed by atoms with van der Waals surface area (Å²) in [5.74, 6) is -2.76. The first-order valence-corrected chi connectivity index (χ1v) is 3.80. The van der Waals surface area contributed by atoms with Gasteiger partial charge in [0.25, 0.3) is 0 Å². The second-order valence-electron chi connectivity index (χ2n) is 2.67. The van der Waals surface area contributed by atoms with Gasteiger partial charge in [-0.15, -0.1) is 0 Å². The van der Waals surface area contributed by atoms with E-state index in [0.29, 0.717) is 0 Å². The highest BCUT2D eigenvalue weighted by molar-refractivity contribution is 5.73. The van der Waals surface area contributed by atoms with E-state index in [2.05, 4.69) is 10.6 Å². The number of aliphatic carboxylic acids is 1. The number of nitrogens with two attached hydrogens (primary N) is 1. The largest absolute Gasteiger partial charge is 0.490 e. The van der Waals surface area contributed by atoms with Crippen LogP contribution >= 0.6 is 0 Å². The number of carboxylic acid groups (broad SMARTS) is 1. The Morgan fingerprint density at radius 1 is 1.40 bits per heavy atom. The maximum atomic E-state index is 10.6. The molecule has 1 fully saturated rings. The van der Waals surface area contributed by atoms with Crippen LogP contribution in [0.15, 0.2) is 0 Å². The average Bonchev–Trinajstić information content (AvgIpc) is 1.96. The SMILES string of the molecule is NC(=O)NC1CNC1.O=C(O)C(F)(F)F. The number of urea groups is 1. The van der Waals surface area contributed by atoms with Crippen LogP contribution in [0.1, 0.15) is 0 Å². The van der Waals surface area contributed by atoms with Gasteiger partial charge < -0.3 is 21.5 Å².